The van der Waals surface area contributed by atoms with E-state index in [9.17, 15) is 5.11 Å². The van der Waals surface area contributed by atoms with E-state index in [1.54, 1.807) is 7.11 Å². The zero-order chi connectivity index (χ0) is 16.3. The molecule has 124 valence electrons. The molecule has 4 heteroatoms. The van der Waals surface area contributed by atoms with Gasteiger partial charge in [-0.05, 0) is 30.0 Å². The van der Waals surface area contributed by atoms with Crippen molar-refractivity contribution in [3.8, 4) is 5.75 Å². The van der Waals surface area contributed by atoms with Crippen molar-refractivity contribution in [3.63, 3.8) is 0 Å². The van der Waals surface area contributed by atoms with Gasteiger partial charge in [-0.2, -0.15) is 0 Å². The fourth-order valence-corrected chi connectivity index (χ4v) is 2.98. The van der Waals surface area contributed by atoms with Crippen LogP contribution in [0.1, 0.15) is 44.9 Å². The summed E-state index contributed by atoms with van der Waals surface area (Å²) < 4.78 is 5.48. The van der Waals surface area contributed by atoms with Gasteiger partial charge < -0.3 is 15.2 Å². The third-order valence-corrected chi connectivity index (χ3v) is 4.60. The summed E-state index contributed by atoms with van der Waals surface area (Å²) in [5.41, 5.74) is 2.16. The molecule has 0 aromatic heterocycles. The lowest BCUT2D eigenvalue weighted by molar-refractivity contribution is 0.0494. The Morgan fingerprint density at radius 2 is 1.86 bits per heavy atom. The van der Waals surface area contributed by atoms with Crippen molar-refractivity contribution in [2.24, 2.45) is 0 Å². The molecule has 2 rings (SSSR count). The van der Waals surface area contributed by atoms with Crippen molar-refractivity contribution >= 4 is 0 Å². The Hall–Kier alpha value is -1.10. The van der Waals surface area contributed by atoms with E-state index in [0.29, 0.717) is 0 Å². The monoisotopic (exact) mass is 306 g/mol. The minimum atomic E-state index is -0.546. The summed E-state index contributed by atoms with van der Waals surface area (Å²) in [4.78, 5) is 2.34. The minimum absolute atomic E-state index is 0.0546. The first kappa shape index (κ1) is 17.3. The Labute approximate surface area is 134 Å². The Morgan fingerprint density at radius 1 is 1.23 bits per heavy atom. The molecule has 1 aromatic carbocycles. The van der Waals surface area contributed by atoms with E-state index >= 15 is 0 Å². The number of methoxy groups -OCH3 is 1. The van der Waals surface area contributed by atoms with Crippen LogP contribution in [0.15, 0.2) is 18.2 Å². The predicted molar refractivity (Wildman–Crippen MR) is 90.6 cm³/mol. The number of aliphatic hydroxyl groups excluding tert-OH is 1. The van der Waals surface area contributed by atoms with Gasteiger partial charge >= 0.3 is 0 Å². The standard InChI is InChI=1S/C18H30N2O2/c1-13(20-10-8-19-9-11-20)17(21)15-12-14(18(2,3)4)6-7-16(15)22-5/h6-7,12-13,17,19,21H,8-11H2,1-5H3. The molecular weight excluding hydrogens is 276 g/mol. The average molecular weight is 306 g/mol. The van der Waals surface area contributed by atoms with Crippen molar-refractivity contribution in [1.29, 1.82) is 0 Å². The van der Waals surface area contributed by atoms with Crippen LogP contribution in [0.2, 0.25) is 0 Å². The van der Waals surface area contributed by atoms with Crippen molar-refractivity contribution in [2.45, 2.75) is 45.3 Å². The van der Waals surface area contributed by atoms with Crippen LogP contribution in [-0.4, -0.2) is 49.3 Å². The molecule has 0 aliphatic carbocycles. The SMILES string of the molecule is COc1ccc(C(C)(C)C)cc1C(O)C(C)N1CCNCC1. The van der Waals surface area contributed by atoms with Crippen LogP contribution in [0.5, 0.6) is 5.75 Å². The van der Waals surface area contributed by atoms with Gasteiger partial charge in [-0.15, -0.1) is 0 Å². The summed E-state index contributed by atoms with van der Waals surface area (Å²) in [5.74, 6) is 0.766. The molecule has 4 nitrogen and oxygen atoms in total. The Kier molecular flexibility index (Phi) is 5.48. The average Bonchev–Trinajstić information content (AvgIpc) is 2.52. The van der Waals surface area contributed by atoms with Gasteiger partial charge in [0.2, 0.25) is 0 Å². The van der Waals surface area contributed by atoms with Crippen molar-refractivity contribution < 1.29 is 9.84 Å². The number of nitrogens with one attached hydrogen (secondary N) is 1. The minimum Gasteiger partial charge on any atom is -0.496 e. The van der Waals surface area contributed by atoms with E-state index < -0.39 is 6.10 Å². The maximum Gasteiger partial charge on any atom is 0.124 e. The van der Waals surface area contributed by atoms with Gasteiger partial charge in [0.15, 0.2) is 0 Å². The Balaban J connectivity index is 2.28. The lowest BCUT2D eigenvalue weighted by Gasteiger charge is -2.36. The van der Waals surface area contributed by atoms with E-state index in [2.05, 4.69) is 50.0 Å². The number of aliphatic hydroxyl groups is 1. The van der Waals surface area contributed by atoms with Gasteiger partial charge in [0.05, 0.1) is 13.2 Å². The molecule has 0 spiro atoms. The molecule has 1 saturated heterocycles. The third-order valence-electron chi connectivity index (χ3n) is 4.60. The fourth-order valence-electron chi connectivity index (χ4n) is 2.98. The number of nitrogens with zero attached hydrogens (tertiary/aromatic N) is 1. The summed E-state index contributed by atoms with van der Waals surface area (Å²) in [6.07, 6.45) is -0.546. The van der Waals surface area contributed by atoms with Gasteiger partial charge in [-0.3, -0.25) is 4.90 Å². The maximum atomic E-state index is 10.9. The lowest BCUT2D eigenvalue weighted by atomic mass is 9.85. The molecule has 0 bridgehead atoms. The van der Waals surface area contributed by atoms with E-state index in [0.717, 1.165) is 37.5 Å². The highest BCUT2D eigenvalue weighted by Crippen LogP contribution is 2.33. The van der Waals surface area contributed by atoms with Crippen LogP contribution < -0.4 is 10.1 Å². The molecule has 22 heavy (non-hydrogen) atoms. The van der Waals surface area contributed by atoms with Gasteiger partial charge in [0, 0.05) is 37.8 Å². The van der Waals surface area contributed by atoms with Crippen LogP contribution >= 0.6 is 0 Å². The lowest BCUT2D eigenvalue weighted by Crippen LogP contribution is -2.49. The molecule has 2 atom stereocenters. The van der Waals surface area contributed by atoms with Crippen LogP contribution in [0.3, 0.4) is 0 Å². The number of rotatable bonds is 4. The van der Waals surface area contributed by atoms with Gasteiger partial charge in [0.25, 0.3) is 0 Å². The van der Waals surface area contributed by atoms with Crippen LogP contribution in [0.25, 0.3) is 0 Å². The number of hydrogen-bond donors (Lipinski definition) is 2. The number of hydrogen-bond acceptors (Lipinski definition) is 4. The molecule has 1 aromatic rings. The molecule has 1 aliphatic heterocycles. The van der Waals surface area contributed by atoms with Gasteiger partial charge in [0.1, 0.15) is 5.75 Å². The van der Waals surface area contributed by atoms with Crippen LogP contribution in [-0.2, 0) is 5.41 Å². The molecule has 0 amide bonds. The van der Waals surface area contributed by atoms with E-state index in [4.69, 9.17) is 4.74 Å². The molecule has 1 heterocycles. The summed E-state index contributed by atoms with van der Waals surface area (Å²) in [6.45, 7) is 12.6. The fraction of sp³-hybridized carbons (Fsp3) is 0.667. The highest BCUT2D eigenvalue weighted by Gasteiger charge is 2.27. The largest absolute Gasteiger partial charge is 0.496 e. The smallest absolute Gasteiger partial charge is 0.124 e. The second kappa shape index (κ2) is 6.99. The molecule has 1 fully saturated rings. The van der Waals surface area contributed by atoms with E-state index in [1.165, 1.54) is 5.56 Å². The molecule has 1 aliphatic rings. The Bertz CT molecular complexity index is 490. The molecule has 2 unspecified atom stereocenters. The van der Waals surface area contributed by atoms with Crippen LogP contribution in [0, 0.1) is 0 Å². The second-order valence-corrected chi connectivity index (χ2v) is 7.18. The van der Waals surface area contributed by atoms with Crippen molar-refractivity contribution in [3.05, 3.63) is 29.3 Å². The Morgan fingerprint density at radius 3 is 2.41 bits per heavy atom. The summed E-state index contributed by atoms with van der Waals surface area (Å²) in [7, 11) is 1.66. The van der Waals surface area contributed by atoms with Crippen molar-refractivity contribution in [1.82, 2.24) is 10.2 Å². The first-order chi connectivity index (χ1) is 10.3. The zero-order valence-electron chi connectivity index (χ0n) is 14.5. The molecule has 0 radical (unpaired) electrons. The number of ether oxygens (including phenoxy) is 1. The quantitative estimate of drug-likeness (QED) is 0.896. The molecule has 2 N–H and O–H groups in total. The summed E-state index contributed by atoms with van der Waals surface area (Å²) in [6, 6.07) is 6.24. The summed E-state index contributed by atoms with van der Waals surface area (Å²) in [5, 5.41) is 14.3. The number of benzene rings is 1. The van der Waals surface area contributed by atoms with Gasteiger partial charge in [-0.1, -0.05) is 26.8 Å². The topological polar surface area (TPSA) is 44.7 Å². The zero-order valence-corrected chi connectivity index (χ0v) is 14.5. The number of piperazine rings is 1. The van der Waals surface area contributed by atoms with E-state index in [-0.39, 0.29) is 11.5 Å². The predicted octanol–water partition coefficient (Wildman–Crippen LogP) is 2.32. The normalized spacial score (nSPS) is 19.7. The highest BCUT2D eigenvalue weighted by atomic mass is 16.5. The first-order valence-corrected chi connectivity index (χ1v) is 8.16. The highest BCUT2D eigenvalue weighted by molar-refractivity contribution is 5.41. The van der Waals surface area contributed by atoms with Crippen LogP contribution in [0.4, 0.5) is 0 Å². The molecular formula is C18H30N2O2. The van der Waals surface area contributed by atoms with Crippen molar-refractivity contribution in [2.75, 3.05) is 33.3 Å². The maximum absolute atomic E-state index is 10.9. The first-order valence-electron chi connectivity index (χ1n) is 8.16. The van der Waals surface area contributed by atoms with E-state index in [1.807, 2.05) is 6.07 Å². The third kappa shape index (κ3) is 3.80. The summed E-state index contributed by atoms with van der Waals surface area (Å²) >= 11 is 0. The second-order valence-electron chi connectivity index (χ2n) is 7.18. The molecule has 0 saturated carbocycles. The van der Waals surface area contributed by atoms with Gasteiger partial charge in [-0.25, -0.2) is 0 Å².